The van der Waals surface area contributed by atoms with Gasteiger partial charge in [-0.25, -0.2) is 0 Å². The molecule has 2 heterocycles. The first-order valence-corrected chi connectivity index (χ1v) is 8.23. The molecule has 0 bridgehead atoms. The van der Waals surface area contributed by atoms with E-state index in [4.69, 9.17) is 18.0 Å². The Morgan fingerprint density at radius 1 is 1.33 bits per heavy atom. The minimum absolute atomic E-state index is 0.255. The van der Waals surface area contributed by atoms with Crippen LogP contribution in [0.5, 0.6) is 0 Å². The third-order valence-electron chi connectivity index (χ3n) is 4.34. The number of nitrogens with zero attached hydrogens (tertiary/aromatic N) is 4. The number of hydrogen-bond donors (Lipinski definition) is 1. The van der Waals surface area contributed by atoms with E-state index in [0.29, 0.717) is 4.99 Å². The van der Waals surface area contributed by atoms with E-state index in [-0.39, 0.29) is 6.04 Å². The number of rotatable bonds is 6. The molecule has 1 aromatic heterocycles. The summed E-state index contributed by atoms with van der Waals surface area (Å²) >= 11 is 5.18. The first-order chi connectivity index (χ1) is 10.0. The smallest absolute Gasteiger partial charge is 0.0901 e. The first kappa shape index (κ1) is 16.4. The molecule has 0 saturated carbocycles. The van der Waals surface area contributed by atoms with Crippen molar-refractivity contribution in [2.75, 3.05) is 26.2 Å². The molecule has 5 nitrogen and oxygen atoms in total. The van der Waals surface area contributed by atoms with Crippen LogP contribution >= 0.6 is 12.2 Å². The zero-order valence-corrected chi connectivity index (χ0v) is 14.2. The van der Waals surface area contributed by atoms with Crippen molar-refractivity contribution in [3.63, 3.8) is 0 Å². The van der Waals surface area contributed by atoms with Crippen molar-refractivity contribution in [3.05, 3.63) is 17.5 Å². The Morgan fingerprint density at radius 2 is 2.00 bits per heavy atom. The Balaban J connectivity index is 1.89. The van der Waals surface area contributed by atoms with E-state index >= 15 is 0 Å². The fourth-order valence-electron chi connectivity index (χ4n) is 2.99. The number of aromatic nitrogens is 2. The van der Waals surface area contributed by atoms with Gasteiger partial charge in [-0.05, 0) is 18.9 Å². The number of nitrogens with two attached hydrogens (primary N) is 1. The van der Waals surface area contributed by atoms with Gasteiger partial charge in [-0.1, -0.05) is 26.1 Å². The molecule has 0 aromatic carbocycles. The first-order valence-electron chi connectivity index (χ1n) is 7.82. The van der Waals surface area contributed by atoms with Crippen LogP contribution < -0.4 is 5.73 Å². The highest BCUT2D eigenvalue weighted by Crippen LogP contribution is 2.13. The zero-order valence-electron chi connectivity index (χ0n) is 13.4. The maximum Gasteiger partial charge on any atom is 0.0901 e. The molecule has 0 spiro atoms. The quantitative estimate of drug-likeness (QED) is 0.799. The average Bonchev–Trinajstić information content (AvgIpc) is 2.82. The summed E-state index contributed by atoms with van der Waals surface area (Å²) < 4.78 is 2.01. The highest BCUT2D eigenvalue weighted by atomic mass is 32.1. The van der Waals surface area contributed by atoms with E-state index in [9.17, 15) is 0 Å². The van der Waals surface area contributed by atoms with Gasteiger partial charge in [-0.2, -0.15) is 5.10 Å². The average molecular weight is 309 g/mol. The fourth-order valence-corrected chi connectivity index (χ4v) is 3.31. The summed E-state index contributed by atoms with van der Waals surface area (Å²) in [5, 5.41) is 4.52. The highest BCUT2D eigenvalue weighted by Gasteiger charge is 2.24. The number of thiocarbonyl (C=S) groups is 1. The normalized spacial score (nSPS) is 18.8. The molecule has 118 valence electrons. The molecule has 1 aliphatic rings. The van der Waals surface area contributed by atoms with E-state index in [1.54, 1.807) is 0 Å². The summed E-state index contributed by atoms with van der Waals surface area (Å²) in [4.78, 5) is 5.53. The molecule has 1 atom stereocenters. The van der Waals surface area contributed by atoms with E-state index < -0.39 is 0 Å². The monoisotopic (exact) mass is 309 g/mol. The van der Waals surface area contributed by atoms with Gasteiger partial charge in [0.1, 0.15) is 0 Å². The van der Waals surface area contributed by atoms with Crippen molar-refractivity contribution in [1.29, 1.82) is 0 Å². The predicted octanol–water partition coefficient (Wildman–Crippen LogP) is 1.16. The fraction of sp³-hybridized carbons (Fsp3) is 0.733. The van der Waals surface area contributed by atoms with Crippen LogP contribution in [0.15, 0.2) is 6.07 Å². The molecule has 2 N–H and O–H groups in total. The second-order valence-electron chi connectivity index (χ2n) is 5.74. The Morgan fingerprint density at radius 3 is 2.48 bits per heavy atom. The van der Waals surface area contributed by atoms with Gasteiger partial charge in [0, 0.05) is 39.8 Å². The largest absolute Gasteiger partial charge is 0.392 e. The molecule has 1 aliphatic heterocycles. The topological polar surface area (TPSA) is 50.3 Å². The molecule has 2 rings (SSSR count). The third-order valence-corrected chi connectivity index (χ3v) is 4.61. The van der Waals surface area contributed by atoms with Crippen molar-refractivity contribution in [1.82, 2.24) is 19.6 Å². The second-order valence-corrected chi connectivity index (χ2v) is 6.21. The summed E-state index contributed by atoms with van der Waals surface area (Å²) in [6, 6.07) is 2.47. The lowest BCUT2D eigenvalue weighted by molar-refractivity contribution is 0.110. The van der Waals surface area contributed by atoms with Crippen LogP contribution in [-0.2, 0) is 20.0 Å². The molecule has 21 heavy (non-hydrogen) atoms. The van der Waals surface area contributed by atoms with E-state index in [1.807, 2.05) is 11.7 Å². The molecule has 1 unspecified atom stereocenters. The third kappa shape index (κ3) is 4.02. The molecule has 1 aromatic rings. The van der Waals surface area contributed by atoms with Gasteiger partial charge < -0.3 is 5.73 Å². The lowest BCUT2D eigenvalue weighted by Gasteiger charge is -2.38. The number of piperazine rings is 1. The Kier molecular flexibility index (Phi) is 5.72. The molecule has 0 amide bonds. The van der Waals surface area contributed by atoms with E-state index in [0.717, 1.165) is 45.6 Å². The molecule has 6 heteroatoms. The van der Waals surface area contributed by atoms with Crippen molar-refractivity contribution >= 4 is 17.2 Å². The summed E-state index contributed by atoms with van der Waals surface area (Å²) in [5.41, 5.74) is 8.30. The van der Waals surface area contributed by atoms with Gasteiger partial charge in [-0.15, -0.1) is 0 Å². The van der Waals surface area contributed by atoms with Gasteiger partial charge in [-0.3, -0.25) is 14.5 Å². The molecule has 0 aliphatic carbocycles. The lowest BCUT2D eigenvalue weighted by Crippen LogP contribution is -2.53. The van der Waals surface area contributed by atoms with Gasteiger partial charge in [0.15, 0.2) is 0 Å². The predicted molar refractivity (Wildman–Crippen MR) is 90.3 cm³/mol. The number of hydrogen-bond acceptors (Lipinski definition) is 4. The Hall–Kier alpha value is -0.980. The summed E-state index contributed by atoms with van der Waals surface area (Å²) in [6.07, 6.45) is 1.99. The molecule has 0 radical (unpaired) electrons. The van der Waals surface area contributed by atoms with Crippen molar-refractivity contribution in [2.45, 2.75) is 39.3 Å². The van der Waals surface area contributed by atoms with Crippen molar-refractivity contribution < 1.29 is 0 Å². The molecular formula is C15H27N5S. The van der Waals surface area contributed by atoms with Crippen molar-refractivity contribution in [2.24, 2.45) is 12.8 Å². The maximum atomic E-state index is 5.84. The SMILES string of the molecule is CCc1cc(CN2CCN(C(CC)C(N)=S)CC2)n(C)n1. The van der Waals surface area contributed by atoms with Gasteiger partial charge in [0.25, 0.3) is 0 Å². The minimum atomic E-state index is 0.255. The van der Waals surface area contributed by atoms with E-state index in [1.165, 1.54) is 11.4 Å². The highest BCUT2D eigenvalue weighted by molar-refractivity contribution is 7.80. The van der Waals surface area contributed by atoms with Gasteiger partial charge >= 0.3 is 0 Å². The lowest BCUT2D eigenvalue weighted by atomic mass is 10.1. The molecular weight excluding hydrogens is 282 g/mol. The van der Waals surface area contributed by atoms with Crippen LogP contribution in [0.2, 0.25) is 0 Å². The molecule has 1 saturated heterocycles. The van der Waals surface area contributed by atoms with E-state index in [2.05, 4.69) is 34.8 Å². The van der Waals surface area contributed by atoms with Crippen LogP contribution in [0, 0.1) is 0 Å². The van der Waals surface area contributed by atoms with Gasteiger partial charge in [0.05, 0.1) is 22.4 Å². The van der Waals surface area contributed by atoms with Crippen molar-refractivity contribution in [3.8, 4) is 0 Å². The van der Waals surface area contributed by atoms with Crippen LogP contribution in [0.25, 0.3) is 0 Å². The van der Waals surface area contributed by atoms with Gasteiger partial charge in [0.2, 0.25) is 0 Å². The second kappa shape index (κ2) is 7.33. The van der Waals surface area contributed by atoms with Crippen LogP contribution in [-0.4, -0.2) is 56.8 Å². The Bertz CT molecular complexity index is 476. The van der Waals surface area contributed by atoms with Crippen LogP contribution in [0.3, 0.4) is 0 Å². The summed E-state index contributed by atoms with van der Waals surface area (Å²) in [5.74, 6) is 0. The Labute approximate surface area is 133 Å². The maximum absolute atomic E-state index is 5.84. The number of aryl methyl sites for hydroxylation is 2. The minimum Gasteiger partial charge on any atom is -0.392 e. The summed E-state index contributed by atoms with van der Waals surface area (Å²) in [6.45, 7) is 9.46. The van der Waals surface area contributed by atoms with Crippen LogP contribution in [0.4, 0.5) is 0 Å². The summed E-state index contributed by atoms with van der Waals surface area (Å²) in [7, 11) is 2.03. The standard InChI is InChI=1S/C15H27N5S/c1-4-12-10-13(18(3)17-12)11-19-6-8-20(9-7-19)14(5-2)15(16)21/h10,14H,4-9,11H2,1-3H3,(H2,16,21). The molecule has 1 fully saturated rings. The zero-order chi connectivity index (χ0) is 15.4. The van der Waals surface area contributed by atoms with Crippen LogP contribution in [0.1, 0.15) is 31.7 Å².